The van der Waals surface area contributed by atoms with E-state index in [1.807, 2.05) is 177 Å². The quantitative estimate of drug-likeness (QED) is 0.0353. The van der Waals surface area contributed by atoms with Gasteiger partial charge in [-0.3, -0.25) is 20.2 Å². The molecule has 1 heterocycles. The fourth-order valence-electron chi connectivity index (χ4n) is 4.57. The van der Waals surface area contributed by atoms with Crippen molar-refractivity contribution >= 4 is 82.7 Å². The Morgan fingerprint density at radius 2 is 0.986 bits per heavy atom. The summed E-state index contributed by atoms with van der Waals surface area (Å²) in [6.07, 6.45) is 1.82. The second-order valence-electron chi connectivity index (χ2n) is 11.7. The van der Waals surface area contributed by atoms with Gasteiger partial charge in [0.25, 0.3) is 12.2 Å². The average molecular weight is 1130 g/mol. The number of para-hydroxylation sites is 5. The highest BCUT2D eigenvalue weighted by Crippen LogP contribution is 2.23. The van der Waals surface area contributed by atoms with Crippen molar-refractivity contribution in [3.05, 3.63) is 151 Å². The average Bonchev–Trinajstić information content (AvgIpc) is 3.77. The normalized spacial score (nSPS) is 8.80. The molecule has 19 heteroatoms. The van der Waals surface area contributed by atoms with Crippen LogP contribution in [0.25, 0.3) is 11.0 Å². The third kappa shape index (κ3) is 34.2. The van der Waals surface area contributed by atoms with E-state index >= 15 is 0 Å². The molecule has 0 saturated heterocycles. The minimum Gasteiger partial charge on any atom is -0.397 e. The molecule has 0 saturated carbocycles. The van der Waals surface area contributed by atoms with E-state index in [1.165, 1.54) is 18.2 Å². The first-order valence-corrected chi connectivity index (χ1v) is 25.2. The lowest BCUT2D eigenvalue weighted by atomic mass is 10.3. The zero-order chi connectivity index (χ0) is 55.7. The van der Waals surface area contributed by atoms with E-state index in [0.29, 0.717) is 25.5 Å². The number of halogens is 3. The largest absolute Gasteiger partial charge is 0.397 e. The van der Waals surface area contributed by atoms with E-state index in [1.54, 1.807) is 25.2 Å². The second-order valence-corrected chi connectivity index (χ2v) is 13.5. The molecule has 0 aliphatic heterocycles. The maximum atomic E-state index is 12.4. The van der Waals surface area contributed by atoms with Crippen LogP contribution in [0.1, 0.15) is 90.0 Å². The number of hydrogen-bond donors (Lipinski definition) is 5. The Kier molecular flexibility index (Phi) is 52.7. The van der Waals surface area contributed by atoms with Gasteiger partial charge in [0, 0.05) is 69.1 Å². The summed E-state index contributed by atoms with van der Waals surface area (Å²) < 4.78 is 31.8. The second kappa shape index (κ2) is 50.5. The highest BCUT2D eigenvalue weighted by molar-refractivity contribution is 9.10. The van der Waals surface area contributed by atoms with Gasteiger partial charge < -0.3 is 46.2 Å². The summed E-state index contributed by atoms with van der Waals surface area (Å²) in [7, 11) is 7.34. The summed E-state index contributed by atoms with van der Waals surface area (Å²) in [5, 5.41) is 29.0. The Balaban J connectivity index is -0.000000237. The number of ether oxygens (including phenoxy) is 3. The van der Waals surface area contributed by atoms with Crippen molar-refractivity contribution < 1.29 is 28.4 Å². The summed E-state index contributed by atoms with van der Waals surface area (Å²) in [6.45, 7) is 27.1. The van der Waals surface area contributed by atoms with Gasteiger partial charge in [-0.2, -0.15) is 4.39 Å². The smallest absolute Gasteiger partial charge is 0.304 e. The first kappa shape index (κ1) is 74.1. The minimum atomic E-state index is -0.799. The summed E-state index contributed by atoms with van der Waals surface area (Å²) in [6, 6.07) is 30.9. The number of nitrogens with zero attached hydrogens (tertiary/aromatic N) is 4. The summed E-state index contributed by atoms with van der Waals surface area (Å²) >= 11 is 6.75. The molecule has 400 valence electrons. The van der Waals surface area contributed by atoms with Crippen LogP contribution in [0.4, 0.5) is 44.2 Å². The molecule has 6 rings (SSSR count). The van der Waals surface area contributed by atoms with Crippen LogP contribution in [0.15, 0.2) is 124 Å². The van der Waals surface area contributed by atoms with Crippen LogP contribution >= 0.6 is 31.9 Å². The van der Waals surface area contributed by atoms with Gasteiger partial charge in [-0.15, -0.1) is 0 Å². The Hall–Kier alpha value is -5.86. The number of nitrogens with one attached hydrogen (secondary N) is 3. The van der Waals surface area contributed by atoms with Crippen LogP contribution in [-0.2, 0) is 21.3 Å². The zero-order valence-corrected chi connectivity index (χ0v) is 48.3. The summed E-state index contributed by atoms with van der Waals surface area (Å²) in [4.78, 5) is 23.4. The van der Waals surface area contributed by atoms with Crippen LogP contribution < -0.4 is 27.4 Å². The van der Waals surface area contributed by atoms with Crippen LogP contribution in [-0.4, -0.2) is 66.8 Å². The lowest BCUT2D eigenvalue weighted by Crippen LogP contribution is -2.20. The molecule has 0 fully saturated rings. The number of hydrogen-bond acceptors (Lipinski definition) is 13. The maximum absolute atomic E-state index is 12.4. The molecule has 5 aromatic carbocycles. The van der Waals surface area contributed by atoms with Gasteiger partial charge in [0.05, 0.1) is 50.0 Å². The van der Waals surface area contributed by atoms with E-state index in [9.17, 15) is 24.6 Å². The van der Waals surface area contributed by atoms with Gasteiger partial charge >= 0.3 is 5.69 Å². The van der Waals surface area contributed by atoms with Crippen LogP contribution in [0.5, 0.6) is 0 Å². The minimum absolute atomic E-state index is 0.106. The van der Waals surface area contributed by atoms with Crippen molar-refractivity contribution in [3.8, 4) is 0 Å². The molecule has 0 amide bonds. The molecule has 71 heavy (non-hydrogen) atoms. The number of nitrogens with two attached hydrogens (primary N) is 2. The number of rotatable bonds is 11. The monoisotopic (exact) mass is 1120 g/mol. The summed E-state index contributed by atoms with van der Waals surface area (Å²) in [5.74, 6) is -0.799. The van der Waals surface area contributed by atoms with Gasteiger partial charge in [-0.05, 0) is 81.4 Å². The topological polar surface area (TPSA) is 220 Å². The van der Waals surface area contributed by atoms with Gasteiger partial charge in [0.1, 0.15) is 5.69 Å². The first-order chi connectivity index (χ1) is 34.2. The van der Waals surface area contributed by atoms with E-state index in [2.05, 4.69) is 58.9 Å². The standard InChI is InChI=1S/C8H7BrN2.C7H9BrN2.C7H8N2O2.C7H10N2.C7H16O3.C6H4FNO2.5C2H6/c1-11-5-10-7-3-2-6(9)4-8(7)11;1-10-7-4-5(8)2-3-6(7)9;1-8-6-4-2-3-5-7(6)9(10)11;1-9-7-5-3-2-4-6(7)8;1-4-8-7(9-5-2)10-6-3;7-5-3-1-2-4-6(5)8(9)10;5*1-2/h2-5H,1H3;2-4,10H,9H2,1H3;2-5,8H,1H3;2-5,9H,8H2,1H3;7H,4-6H2,1-3H3;1-4H;5*1-2H3. The third-order valence-electron chi connectivity index (χ3n) is 7.53. The molecule has 0 spiro atoms. The molecular formula is C52H84Br2FN9O7. The molecule has 0 atom stereocenters. The van der Waals surface area contributed by atoms with Gasteiger partial charge in [0.2, 0.25) is 5.82 Å². The number of benzene rings is 5. The van der Waals surface area contributed by atoms with Crippen LogP contribution in [0.3, 0.4) is 0 Å². The molecule has 0 radical (unpaired) electrons. The molecule has 0 aliphatic rings. The van der Waals surface area contributed by atoms with Crippen molar-refractivity contribution in [2.75, 3.05) is 68.4 Å². The van der Waals surface area contributed by atoms with E-state index in [4.69, 9.17) is 25.7 Å². The molecule has 7 N–H and O–H groups in total. The Labute approximate surface area is 441 Å². The van der Waals surface area contributed by atoms with Gasteiger partial charge in [0.15, 0.2) is 0 Å². The maximum Gasteiger partial charge on any atom is 0.304 e. The highest BCUT2D eigenvalue weighted by atomic mass is 79.9. The first-order valence-electron chi connectivity index (χ1n) is 23.6. The van der Waals surface area contributed by atoms with Crippen LogP contribution in [0, 0.1) is 26.0 Å². The predicted octanol–water partition coefficient (Wildman–Crippen LogP) is 15.6. The highest BCUT2D eigenvalue weighted by Gasteiger charge is 2.11. The molecule has 0 aliphatic carbocycles. The molecular weight excluding hydrogens is 1040 g/mol. The number of aromatic nitrogens is 2. The van der Waals surface area contributed by atoms with E-state index < -0.39 is 27.8 Å². The van der Waals surface area contributed by atoms with E-state index in [0.717, 1.165) is 54.9 Å². The SMILES string of the molecule is CC.CC.CC.CC.CC.CCOC(OCC)OCC.CNc1cc(Br)ccc1N.CNc1ccccc1N.CNc1ccccc1[N+](=O)[O-].Cn1cnc2ccc(Br)cc21.O=[N+]([O-])c1ccccc1F. The van der Waals surface area contributed by atoms with Crippen LogP contribution in [0.2, 0.25) is 0 Å². The molecule has 16 nitrogen and oxygen atoms in total. The zero-order valence-electron chi connectivity index (χ0n) is 45.1. The van der Waals surface area contributed by atoms with Gasteiger partial charge in [-0.25, -0.2) is 4.98 Å². The molecule has 6 aromatic rings. The molecule has 1 aromatic heterocycles. The fraction of sp³-hybridized carbons (Fsp3) is 0.404. The Bertz CT molecular complexity index is 2190. The number of aryl methyl sites for hydroxylation is 1. The predicted molar refractivity (Wildman–Crippen MR) is 308 cm³/mol. The number of fused-ring (bicyclic) bond motifs is 1. The number of nitro benzene ring substituents is 2. The molecule has 0 unspecified atom stereocenters. The van der Waals surface area contributed by atoms with Crippen molar-refractivity contribution in [1.29, 1.82) is 0 Å². The third-order valence-corrected chi connectivity index (χ3v) is 8.52. The van der Waals surface area contributed by atoms with E-state index in [-0.39, 0.29) is 5.69 Å². The molecule has 0 bridgehead atoms. The van der Waals surface area contributed by atoms with Gasteiger partial charge in [-0.1, -0.05) is 137 Å². The fourth-order valence-corrected chi connectivity index (χ4v) is 5.28. The Morgan fingerprint density at radius 3 is 1.37 bits per heavy atom. The number of anilines is 5. The number of imidazole rings is 1. The summed E-state index contributed by atoms with van der Waals surface area (Å²) in [5.41, 5.74) is 17.0. The lowest BCUT2D eigenvalue weighted by Gasteiger charge is -2.15. The van der Waals surface area contributed by atoms with Crippen molar-refractivity contribution in [3.63, 3.8) is 0 Å². The van der Waals surface area contributed by atoms with Crippen molar-refractivity contribution in [2.45, 2.75) is 96.5 Å². The lowest BCUT2D eigenvalue weighted by molar-refractivity contribution is -0.387. The number of nitro groups is 2. The van der Waals surface area contributed by atoms with Crippen molar-refractivity contribution in [2.24, 2.45) is 7.05 Å². The van der Waals surface area contributed by atoms with Crippen molar-refractivity contribution in [1.82, 2.24) is 9.55 Å². The number of nitrogen functional groups attached to an aromatic ring is 2. The Morgan fingerprint density at radius 1 is 0.592 bits per heavy atom.